The second-order valence-electron chi connectivity index (χ2n) is 12.0. The number of nitrogens with one attached hydrogen (secondary N) is 2. The molecule has 0 radical (unpaired) electrons. The van der Waals surface area contributed by atoms with E-state index >= 15 is 0 Å². The summed E-state index contributed by atoms with van der Waals surface area (Å²) in [5, 5.41) is 15.6. The van der Waals surface area contributed by atoms with Crippen LogP contribution in [0.25, 0.3) is 0 Å². The Morgan fingerprint density at radius 1 is 0.860 bits per heavy atom. The van der Waals surface area contributed by atoms with Gasteiger partial charge in [0.05, 0.1) is 26.3 Å². The zero-order valence-electron chi connectivity index (χ0n) is 27.9. The first-order chi connectivity index (χ1) is 24.3. The predicted octanol–water partition coefficient (Wildman–Crippen LogP) is 5.05. The average molecular weight is 682 g/mol. The molecule has 12 heteroatoms. The molecule has 260 valence electrons. The summed E-state index contributed by atoms with van der Waals surface area (Å²) in [4.78, 5) is 40.9. The minimum Gasteiger partial charge on any atom is -0.496 e. The van der Waals surface area contributed by atoms with Crippen molar-refractivity contribution in [3.05, 3.63) is 107 Å². The lowest BCUT2D eigenvalue weighted by atomic mass is 9.89. The van der Waals surface area contributed by atoms with Crippen LogP contribution in [0.5, 0.6) is 34.5 Å². The number of amides is 2. The number of rotatable bonds is 5. The SMILES string of the molecule is COc1cc2ccc1CNC(=O)C1(CCN(Cc3ccccc3C(=O)O)CC1)Oc1ccc(cc1)OCCNC(=O)c1ccc(OC)c(c1)O2. The maximum absolute atomic E-state index is 14.1. The highest BCUT2D eigenvalue weighted by Gasteiger charge is 2.44. The van der Waals surface area contributed by atoms with Crippen LogP contribution in [0.3, 0.4) is 0 Å². The fraction of sp³-hybridized carbons (Fsp3) is 0.289. The number of benzene rings is 4. The number of nitrogens with zero attached hydrogens (tertiary/aromatic N) is 1. The highest BCUT2D eigenvalue weighted by molar-refractivity contribution is 5.95. The van der Waals surface area contributed by atoms with Crippen LogP contribution >= 0.6 is 0 Å². The smallest absolute Gasteiger partial charge is 0.336 e. The summed E-state index contributed by atoms with van der Waals surface area (Å²) < 4.78 is 29.6. The van der Waals surface area contributed by atoms with Gasteiger partial charge in [0.1, 0.15) is 29.6 Å². The molecule has 5 heterocycles. The van der Waals surface area contributed by atoms with E-state index in [0.717, 1.165) is 5.56 Å². The van der Waals surface area contributed by atoms with Crippen LogP contribution in [0.1, 0.15) is 44.7 Å². The van der Waals surface area contributed by atoms with E-state index < -0.39 is 11.6 Å². The van der Waals surface area contributed by atoms with Crippen molar-refractivity contribution in [2.75, 3.05) is 40.5 Å². The van der Waals surface area contributed by atoms with Crippen molar-refractivity contribution in [2.45, 2.75) is 31.5 Å². The van der Waals surface area contributed by atoms with E-state index in [-0.39, 0.29) is 37.1 Å². The largest absolute Gasteiger partial charge is 0.496 e. The maximum Gasteiger partial charge on any atom is 0.336 e. The number of carboxylic acids is 1. The van der Waals surface area contributed by atoms with Crippen molar-refractivity contribution in [1.82, 2.24) is 15.5 Å². The molecule has 0 atom stereocenters. The first-order valence-corrected chi connectivity index (χ1v) is 16.3. The van der Waals surface area contributed by atoms with Crippen LogP contribution in [0.4, 0.5) is 0 Å². The molecule has 9 rings (SSSR count). The molecule has 50 heavy (non-hydrogen) atoms. The normalized spacial score (nSPS) is 16.4. The molecule has 5 aliphatic rings. The first kappa shape index (κ1) is 34.1. The number of likely N-dealkylation sites (tertiary alicyclic amines) is 1. The van der Waals surface area contributed by atoms with Gasteiger partial charge in [-0.15, -0.1) is 0 Å². The number of carboxylic acid groups (broad SMARTS) is 1. The standard InChI is InChI=1S/C38H39N3O9/c1-46-32-14-8-25-21-34(32)49-30-9-7-26(33(22-30)47-2)23-40-37(45)38(50-29-12-10-28(11-13-29)48-20-17-39-35(25)42)15-18-41(19-16-38)24-27-5-3-4-6-31(27)36(43)44/h3-14,21-22H,15-20,23-24H2,1-2H3,(H,39,42)(H,40,45)(H,43,44). The number of hydrogen-bond donors (Lipinski definition) is 3. The number of ether oxygens (including phenoxy) is 5. The van der Waals surface area contributed by atoms with E-state index in [0.29, 0.717) is 78.1 Å². The third-order valence-electron chi connectivity index (χ3n) is 8.86. The minimum absolute atomic E-state index is 0.162. The fourth-order valence-electron chi connectivity index (χ4n) is 6.12. The second-order valence-corrected chi connectivity index (χ2v) is 12.0. The molecule has 5 aliphatic heterocycles. The molecule has 0 unspecified atom stereocenters. The number of methoxy groups -OCH3 is 2. The number of carbonyl (C=O) groups excluding carboxylic acids is 2. The van der Waals surface area contributed by atoms with Gasteiger partial charge in [-0.3, -0.25) is 14.5 Å². The summed E-state index contributed by atoms with van der Waals surface area (Å²) in [6.45, 7) is 2.10. The first-order valence-electron chi connectivity index (χ1n) is 16.3. The second kappa shape index (κ2) is 15.2. The highest BCUT2D eigenvalue weighted by atomic mass is 16.5. The van der Waals surface area contributed by atoms with E-state index in [4.69, 9.17) is 23.7 Å². The number of piperidine rings is 1. The number of hydrogen-bond acceptors (Lipinski definition) is 9. The van der Waals surface area contributed by atoms with Crippen molar-refractivity contribution < 1.29 is 43.2 Å². The highest BCUT2D eigenvalue weighted by Crippen LogP contribution is 2.36. The van der Waals surface area contributed by atoms with Crippen LogP contribution in [0.15, 0.2) is 84.9 Å². The predicted molar refractivity (Wildman–Crippen MR) is 183 cm³/mol. The van der Waals surface area contributed by atoms with Gasteiger partial charge >= 0.3 is 5.97 Å². The van der Waals surface area contributed by atoms with E-state index in [1.54, 1.807) is 72.8 Å². The Morgan fingerprint density at radius 2 is 1.58 bits per heavy atom. The van der Waals surface area contributed by atoms with Gasteiger partial charge in [0.25, 0.3) is 11.8 Å². The van der Waals surface area contributed by atoms with Crippen molar-refractivity contribution in [3.63, 3.8) is 0 Å². The Hall–Kier alpha value is -5.75. The molecule has 0 saturated carbocycles. The zero-order valence-corrected chi connectivity index (χ0v) is 27.9. The summed E-state index contributed by atoms with van der Waals surface area (Å²) in [5.41, 5.74) is 0.892. The molecule has 2 amide bonds. The lowest BCUT2D eigenvalue weighted by Gasteiger charge is -2.40. The van der Waals surface area contributed by atoms with Crippen LogP contribution in [-0.4, -0.2) is 73.9 Å². The third kappa shape index (κ3) is 7.76. The maximum atomic E-state index is 14.1. The van der Waals surface area contributed by atoms with E-state index in [9.17, 15) is 19.5 Å². The molecule has 1 saturated heterocycles. The third-order valence-corrected chi connectivity index (χ3v) is 8.86. The molecular formula is C38H39N3O9. The summed E-state index contributed by atoms with van der Waals surface area (Å²) in [5.74, 6) is 1.27. The van der Waals surface area contributed by atoms with Gasteiger partial charge in [-0.1, -0.05) is 18.2 Å². The summed E-state index contributed by atoms with van der Waals surface area (Å²) in [6, 6.07) is 24.2. The van der Waals surface area contributed by atoms with Crippen LogP contribution < -0.4 is 34.3 Å². The summed E-state index contributed by atoms with van der Waals surface area (Å²) in [6.07, 6.45) is 0.744. The topological polar surface area (TPSA) is 145 Å². The van der Waals surface area contributed by atoms with E-state index in [2.05, 4.69) is 15.5 Å². The van der Waals surface area contributed by atoms with Gasteiger partial charge < -0.3 is 39.4 Å². The number of carbonyl (C=O) groups is 3. The van der Waals surface area contributed by atoms with Gasteiger partial charge in [-0.05, 0) is 66.2 Å². The van der Waals surface area contributed by atoms with Crippen LogP contribution in [0, 0.1) is 0 Å². The Kier molecular flexibility index (Phi) is 10.4. The Balaban J connectivity index is 1.26. The summed E-state index contributed by atoms with van der Waals surface area (Å²) in [7, 11) is 3.06. The van der Waals surface area contributed by atoms with Crippen molar-refractivity contribution >= 4 is 17.8 Å². The number of aromatic carboxylic acids is 1. The monoisotopic (exact) mass is 681 g/mol. The van der Waals surface area contributed by atoms with E-state index in [1.807, 2.05) is 12.1 Å². The Morgan fingerprint density at radius 3 is 2.32 bits per heavy atom. The van der Waals surface area contributed by atoms with Gasteiger partial charge in [0.15, 0.2) is 17.1 Å². The lowest BCUT2D eigenvalue weighted by Crippen LogP contribution is -2.57. The molecular weight excluding hydrogens is 642 g/mol. The van der Waals surface area contributed by atoms with Gasteiger partial charge in [0, 0.05) is 56.2 Å². The van der Waals surface area contributed by atoms with Gasteiger partial charge in [-0.2, -0.15) is 0 Å². The zero-order chi connectivity index (χ0) is 35.1. The molecule has 1 spiro atoms. The molecule has 6 bridgehead atoms. The molecule has 0 aromatic heterocycles. The van der Waals surface area contributed by atoms with E-state index in [1.165, 1.54) is 14.2 Å². The molecule has 3 N–H and O–H groups in total. The molecule has 4 aromatic carbocycles. The molecule has 0 aliphatic carbocycles. The van der Waals surface area contributed by atoms with Crippen molar-refractivity contribution in [3.8, 4) is 34.5 Å². The fourth-order valence-corrected chi connectivity index (χ4v) is 6.12. The molecule has 12 nitrogen and oxygen atoms in total. The Bertz CT molecular complexity index is 1850. The van der Waals surface area contributed by atoms with Gasteiger partial charge in [0.2, 0.25) is 0 Å². The quantitative estimate of drug-likeness (QED) is 0.262. The van der Waals surface area contributed by atoms with Crippen molar-refractivity contribution in [2.24, 2.45) is 0 Å². The lowest BCUT2D eigenvalue weighted by molar-refractivity contribution is -0.141. The van der Waals surface area contributed by atoms with Crippen LogP contribution in [0.2, 0.25) is 0 Å². The molecule has 1 fully saturated rings. The van der Waals surface area contributed by atoms with Crippen LogP contribution in [-0.2, 0) is 17.9 Å². The van der Waals surface area contributed by atoms with Gasteiger partial charge in [-0.25, -0.2) is 4.79 Å². The summed E-state index contributed by atoms with van der Waals surface area (Å²) >= 11 is 0. The average Bonchev–Trinajstić information content (AvgIpc) is 3.13. The minimum atomic E-state index is -1.19. The van der Waals surface area contributed by atoms with Crippen molar-refractivity contribution in [1.29, 1.82) is 0 Å². The Labute approximate surface area is 289 Å². The molecule has 4 aromatic rings.